The number of hydrogen-bond donors (Lipinski definition) is 3. The second-order valence-electron chi connectivity index (χ2n) is 7.38. The van der Waals surface area contributed by atoms with Crippen molar-refractivity contribution in [1.82, 2.24) is 20.6 Å². The molecule has 128 valence electrons. The number of H-pyrrole nitrogens is 1. The predicted octanol–water partition coefficient (Wildman–Crippen LogP) is 1.50. The van der Waals surface area contributed by atoms with Gasteiger partial charge in [0.15, 0.2) is 0 Å². The highest BCUT2D eigenvalue weighted by Gasteiger charge is 2.22. The van der Waals surface area contributed by atoms with Gasteiger partial charge >= 0.3 is 0 Å². The van der Waals surface area contributed by atoms with Crippen LogP contribution in [-0.4, -0.2) is 35.5 Å². The highest BCUT2D eigenvalue weighted by Crippen LogP contribution is 2.17. The van der Waals surface area contributed by atoms with Crippen LogP contribution in [-0.2, 0) is 5.41 Å². The number of piperidine rings is 1. The second-order valence-corrected chi connectivity index (χ2v) is 7.38. The quantitative estimate of drug-likeness (QED) is 0.784. The van der Waals surface area contributed by atoms with Gasteiger partial charge in [-0.1, -0.05) is 20.8 Å². The van der Waals surface area contributed by atoms with Crippen molar-refractivity contribution < 1.29 is 4.79 Å². The second kappa shape index (κ2) is 7.25. The molecule has 1 aliphatic heterocycles. The zero-order chi connectivity index (χ0) is 17.0. The molecular weight excluding hydrogens is 292 g/mol. The Hall–Kier alpha value is -1.69. The lowest BCUT2D eigenvalue weighted by Crippen LogP contribution is -2.36. The van der Waals surface area contributed by atoms with Crippen LogP contribution in [0.5, 0.6) is 0 Å². The zero-order valence-corrected chi connectivity index (χ0v) is 14.6. The van der Waals surface area contributed by atoms with E-state index in [2.05, 4.69) is 20.6 Å². The van der Waals surface area contributed by atoms with Gasteiger partial charge in [0.05, 0.1) is 5.69 Å². The van der Waals surface area contributed by atoms with Crippen molar-refractivity contribution in [3.8, 4) is 0 Å². The van der Waals surface area contributed by atoms with Crippen LogP contribution in [0.15, 0.2) is 4.79 Å². The van der Waals surface area contributed by atoms with Gasteiger partial charge in [0.25, 0.3) is 11.5 Å². The van der Waals surface area contributed by atoms with Gasteiger partial charge in [0.2, 0.25) is 0 Å². The number of rotatable bonds is 4. The molecule has 0 spiro atoms. The molecule has 0 aromatic carbocycles. The smallest absolute Gasteiger partial charge is 0.264 e. The van der Waals surface area contributed by atoms with Gasteiger partial charge in [-0.25, -0.2) is 4.98 Å². The molecule has 1 fully saturated rings. The number of aromatic amines is 1. The summed E-state index contributed by atoms with van der Waals surface area (Å²) < 4.78 is 0. The minimum atomic E-state index is -0.362. The third kappa shape index (κ3) is 4.64. The van der Waals surface area contributed by atoms with Crippen molar-refractivity contribution in [2.75, 3.05) is 19.6 Å². The summed E-state index contributed by atoms with van der Waals surface area (Å²) in [6.45, 7) is 10.3. The van der Waals surface area contributed by atoms with Crippen molar-refractivity contribution >= 4 is 5.91 Å². The van der Waals surface area contributed by atoms with E-state index in [0.717, 1.165) is 19.5 Å². The molecule has 2 rings (SSSR count). The Morgan fingerprint density at radius 3 is 2.70 bits per heavy atom. The van der Waals surface area contributed by atoms with E-state index in [0.29, 0.717) is 24.0 Å². The predicted molar refractivity (Wildman–Crippen MR) is 90.8 cm³/mol. The molecule has 0 radical (unpaired) electrons. The van der Waals surface area contributed by atoms with E-state index in [4.69, 9.17) is 0 Å². The molecule has 1 aromatic rings. The molecule has 1 atom stereocenters. The fraction of sp³-hybridized carbons (Fsp3) is 0.706. The maximum absolute atomic E-state index is 12.3. The van der Waals surface area contributed by atoms with E-state index in [1.165, 1.54) is 12.8 Å². The first-order valence-electron chi connectivity index (χ1n) is 8.39. The minimum absolute atomic E-state index is 0.125. The number of amides is 1. The average molecular weight is 320 g/mol. The molecule has 0 aliphatic carbocycles. The molecule has 23 heavy (non-hydrogen) atoms. The molecule has 1 unspecified atom stereocenters. The lowest BCUT2D eigenvalue weighted by atomic mass is 9.95. The number of carbonyl (C=O) groups excluding carboxylic acids is 1. The molecule has 3 N–H and O–H groups in total. The fourth-order valence-corrected chi connectivity index (χ4v) is 2.86. The summed E-state index contributed by atoms with van der Waals surface area (Å²) in [5.74, 6) is 0.870. The first-order valence-corrected chi connectivity index (χ1v) is 8.39. The topological polar surface area (TPSA) is 86.9 Å². The number of nitrogens with zero attached hydrogens (tertiary/aromatic N) is 1. The monoisotopic (exact) mass is 320 g/mol. The number of aryl methyl sites for hydroxylation is 1. The number of aromatic nitrogens is 2. The number of hydrogen-bond acceptors (Lipinski definition) is 4. The summed E-state index contributed by atoms with van der Waals surface area (Å²) in [4.78, 5) is 31.7. The molecule has 2 heterocycles. The number of nitrogens with one attached hydrogen (secondary N) is 3. The standard InChI is InChI=1S/C17H28N4O2/c1-11-13(15(23)21-16(20-11)17(2,3)4)14(22)19-9-7-12-6-5-8-18-10-12/h12,18H,5-10H2,1-4H3,(H,19,22)(H,20,21,23). The van der Waals surface area contributed by atoms with Crippen LogP contribution in [0.25, 0.3) is 0 Å². The molecule has 0 bridgehead atoms. The van der Waals surface area contributed by atoms with Crippen molar-refractivity contribution in [3.63, 3.8) is 0 Å². The van der Waals surface area contributed by atoms with E-state index >= 15 is 0 Å². The van der Waals surface area contributed by atoms with Gasteiger partial charge in [-0.05, 0) is 45.2 Å². The lowest BCUT2D eigenvalue weighted by molar-refractivity contribution is 0.0947. The number of carbonyl (C=O) groups is 1. The van der Waals surface area contributed by atoms with Crippen LogP contribution in [0.3, 0.4) is 0 Å². The summed E-state index contributed by atoms with van der Waals surface area (Å²) in [6, 6.07) is 0. The maximum Gasteiger partial charge on any atom is 0.264 e. The fourth-order valence-electron chi connectivity index (χ4n) is 2.86. The molecular formula is C17H28N4O2. The molecule has 1 saturated heterocycles. The van der Waals surface area contributed by atoms with E-state index in [1.807, 2.05) is 20.8 Å². The Balaban J connectivity index is 2.00. The van der Waals surface area contributed by atoms with Crippen LogP contribution < -0.4 is 16.2 Å². The Kier molecular flexibility index (Phi) is 5.57. The Morgan fingerprint density at radius 1 is 1.39 bits per heavy atom. The van der Waals surface area contributed by atoms with Gasteiger partial charge in [-0.2, -0.15) is 0 Å². The van der Waals surface area contributed by atoms with Gasteiger partial charge in [-0.3, -0.25) is 9.59 Å². The Labute approximate surface area is 137 Å². The highest BCUT2D eigenvalue weighted by molar-refractivity contribution is 5.94. The molecule has 0 saturated carbocycles. The van der Waals surface area contributed by atoms with Crippen molar-refractivity contribution in [1.29, 1.82) is 0 Å². The summed E-state index contributed by atoms with van der Waals surface area (Å²) >= 11 is 0. The molecule has 1 aromatic heterocycles. The highest BCUT2D eigenvalue weighted by atomic mass is 16.2. The average Bonchev–Trinajstić information content (AvgIpc) is 2.46. The van der Waals surface area contributed by atoms with E-state index in [-0.39, 0.29) is 22.4 Å². The summed E-state index contributed by atoms with van der Waals surface area (Å²) in [5, 5.41) is 6.22. The Morgan fingerprint density at radius 2 is 2.13 bits per heavy atom. The summed E-state index contributed by atoms with van der Waals surface area (Å²) in [6.07, 6.45) is 3.32. The van der Waals surface area contributed by atoms with Crippen LogP contribution in [0, 0.1) is 12.8 Å². The van der Waals surface area contributed by atoms with Crippen molar-refractivity contribution in [2.24, 2.45) is 5.92 Å². The Bertz CT molecular complexity index is 610. The van der Waals surface area contributed by atoms with E-state index in [1.54, 1.807) is 6.92 Å². The first-order chi connectivity index (χ1) is 10.8. The molecule has 1 amide bonds. The third-order valence-corrected chi connectivity index (χ3v) is 4.27. The van der Waals surface area contributed by atoms with Gasteiger partial charge in [0.1, 0.15) is 11.4 Å². The SMILES string of the molecule is Cc1nc(C(C)(C)C)[nH]c(=O)c1C(=O)NCCC1CCCNC1. The van der Waals surface area contributed by atoms with Crippen LogP contribution in [0.4, 0.5) is 0 Å². The van der Waals surface area contributed by atoms with E-state index < -0.39 is 0 Å². The van der Waals surface area contributed by atoms with Crippen LogP contribution in [0.2, 0.25) is 0 Å². The first kappa shape index (κ1) is 17.7. The van der Waals surface area contributed by atoms with Crippen molar-refractivity contribution in [3.05, 3.63) is 27.4 Å². The molecule has 6 nitrogen and oxygen atoms in total. The largest absolute Gasteiger partial charge is 0.352 e. The maximum atomic E-state index is 12.3. The van der Waals surface area contributed by atoms with Crippen LogP contribution in [0.1, 0.15) is 61.9 Å². The third-order valence-electron chi connectivity index (χ3n) is 4.27. The molecule has 6 heteroatoms. The van der Waals surface area contributed by atoms with Gasteiger partial charge in [-0.15, -0.1) is 0 Å². The van der Waals surface area contributed by atoms with Gasteiger partial charge in [0, 0.05) is 12.0 Å². The summed E-state index contributed by atoms with van der Waals surface area (Å²) in [7, 11) is 0. The summed E-state index contributed by atoms with van der Waals surface area (Å²) in [5.41, 5.74) is -0.0121. The lowest BCUT2D eigenvalue weighted by Gasteiger charge is -2.22. The van der Waals surface area contributed by atoms with E-state index in [9.17, 15) is 9.59 Å². The zero-order valence-electron chi connectivity index (χ0n) is 14.6. The molecule has 1 aliphatic rings. The normalized spacial score (nSPS) is 18.7. The minimum Gasteiger partial charge on any atom is -0.352 e. The van der Waals surface area contributed by atoms with Crippen LogP contribution >= 0.6 is 0 Å². The van der Waals surface area contributed by atoms with Gasteiger partial charge < -0.3 is 15.6 Å². The van der Waals surface area contributed by atoms with Crippen molar-refractivity contribution in [2.45, 2.75) is 52.4 Å².